The molecule has 0 saturated carbocycles. The van der Waals surface area contributed by atoms with Crippen molar-refractivity contribution in [1.82, 2.24) is 9.97 Å². The Labute approximate surface area is 93.9 Å². The van der Waals surface area contributed by atoms with Crippen LogP contribution in [-0.4, -0.2) is 28.3 Å². The number of hydrogen-bond donors (Lipinski definition) is 1. The number of ether oxygens (including phenoxy) is 1. The van der Waals surface area contributed by atoms with E-state index >= 15 is 0 Å². The third kappa shape index (κ3) is 2.35. The van der Waals surface area contributed by atoms with Gasteiger partial charge in [-0.3, -0.25) is 4.98 Å². The Balaban J connectivity index is 2.25. The summed E-state index contributed by atoms with van der Waals surface area (Å²) in [5, 5.41) is 9.78. The monoisotopic (exact) mass is 218 g/mol. The fraction of sp³-hybridized carbons (Fsp3) is 0.333. The highest BCUT2D eigenvalue weighted by atomic mass is 16.5. The molecular weight excluding hydrogens is 204 g/mol. The third-order valence-corrected chi connectivity index (χ3v) is 2.29. The number of nitrogens with zero attached hydrogens (tertiary/aromatic N) is 2. The van der Waals surface area contributed by atoms with Crippen molar-refractivity contribution in [1.29, 1.82) is 0 Å². The number of para-hydroxylation sites is 2. The summed E-state index contributed by atoms with van der Waals surface area (Å²) >= 11 is 0. The number of benzene rings is 1. The average molecular weight is 218 g/mol. The van der Waals surface area contributed by atoms with Crippen LogP contribution in [0.5, 0.6) is 0 Å². The second kappa shape index (κ2) is 5.01. The van der Waals surface area contributed by atoms with Crippen LogP contribution in [0.2, 0.25) is 0 Å². The lowest BCUT2D eigenvalue weighted by Gasteiger charge is -2.09. The minimum atomic E-state index is -0.711. The van der Waals surface area contributed by atoms with Crippen LogP contribution in [-0.2, 0) is 4.74 Å². The number of aliphatic hydroxyl groups excluding tert-OH is 1. The van der Waals surface area contributed by atoms with E-state index in [1.54, 1.807) is 6.20 Å². The van der Waals surface area contributed by atoms with Gasteiger partial charge in [0.25, 0.3) is 0 Å². The molecule has 2 aromatic rings. The zero-order valence-electron chi connectivity index (χ0n) is 9.13. The van der Waals surface area contributed by atoms with Gasteiger partial charge in [0.05, 0.1) is 29.5 Å². The predicted octanol–water partition coefficient (Wildman–Crippen LogP) is 1.70. The highest BCUT2D eigenvalue weighted by Crippen LogP contribution is 2.14. The summed E-state index contributed by atoms with van der Waals surface area (Å²) in [6.07, 6.45) is 0.878. The Morgan fingerprint density at radius 1 is 1.31 bits per heavy atom. The number of fused-ring (bicyclic) bond motifs is 1. The molecule has 0 spiro atoms. The van der Waals surface area contributed by atoms with Crippen LogP contribution in [0.15, 0.2) is 30.5 Å². The third-order valence-electron chi connectivity index (χ3n) is 2.29. The van der Waals surface area contributed by atoms with Crippen molar-refractivity contribution < 1.29 is 9.84 Å². The van der Waals surface area contributed by atoms with Gasteiger partial charge in [0.1, 0.15) is 6.10 Å². The fourth-order valence-electron chi connectivity index (χ4n) is 1.45. The van der Waals surface area contributed by atoms with E-state index in [0.29, 0.717) is 12.3 Å². The second-order valence-corrected chi connectivity index (χ2v) is 3.46. The van der Waals surface area contributed by atoms with Gasteiger partial charge in [0.15, 0.2) is 0 Å². The second-order valence-electron chi connectivity index (χ2n) is 3.46. The first-order valence-electron chi connectivity index (χ1n) is 5.28. The van der Waals surface area contributed by atoms with Crippen LogP contribution in [0.4, 0.5) is 0 Å². The molecule has 1 atom stereocenters. The highest BCUT2D eigenvalue weighted by molar-refractivity contribution is 5.73. The molecule has 0 aliphatic rings. The lowest BCUT2D eigenvalue weighted by atomic mass is 10.2. The van der Waals surface area contributed by atoms with E-state index in [2.05, 4.69) is 9.97 Å². The Morgan fingerprint density at radius 3 is 2.81 bits per heavy atom. The van der Waals surface area contributed by atoms with Crippen LogP contribution in [0, 0.1) is 0 Å². The summed E-state index contributed by atoms with van der Waals surface area (Å²) in [5.74, 6) is 0. The molecule has 0 aliphatic heterocycles. The molecule has 0 bridgehead atoms. The summed E-state index contributed by atoms with van der Waals surface area (Å²) in [4.78, 5) is 8.57. The smallest absolute Gasteiger partial charge is 0.121 e. The predicted molar refractivity (Wildman–Crippen MR) is 61.0 cm³/mol. The van der Waals surface area contributed by atoms with Crippen molar-refractivity contribution in [3.63, 3.8) is 0 Å². The summed E-state index contributed by atoms with van der Waals surface area (Å²) in [7, 11) is 0. The number of aromatic nitrogens is 2. The molecule has 0 radical (unpaired) electrons. The maximum atomic E-state index is 9.78. The molecule has 4 heteroatoms. The molecule has 0 amide bonds. The first-order valence-corrected chi connectivity index (χ1v) is 5.28. The van der Waals surface area contributed by atoms with Gasteiger partial charge in [0.2, 0.25) is 0 Å². The molecule has 1 aromatic carbocycles. The number of rotatable bonds is 4. The summed E-state index contributed by atoms with van der Waals surface area (Å²) in [5.41, 5.74) is 2.16. The molecule has 2 rings (SSSR count). The molecule has 0 saturated heterocycles. The van der Waals surface area contributed by atoms with Gasteiger partial charge < -0.3 is 9.84 Å². The van der Waals surface area contributed by atoms with Gasteiger partial charge in [-0.2, -0.15) is 0 Å². The van der Waals surface area contributed by atoms with E-state index in [9.17, 15) is 5.11 Å². The normalized spacial score (nSPS) is 12.9. The van der Waals surface area contributed by atoms with Crippen molar-refractivity contribution in [3.05, 3.63) is 36.2 Å². The zero-order chi connectivity index (χ0) is 11.4. The van der Waals surface area contributed by atoms with Crippen LogP contribution in [0.25, 0.3) is 11.0 Å². The topological polar surface area (TPSA) is 55.2 Å². The summed E-state index contributed by atoms with van der Waals surface area (Å²) in [6, 6.07) is 7.57. The number of hydrogen-bond acceptors (Lipinski definition) is 4. The molecule has 1 heterocycles. The fourth-order valence-corrected chi connectivity index (χ4v) is 1.45. The van der Waals surface area contributed by atoms with Crippen LogP contribution in [0.1, 0.15) is 18.7 Å². The van der Waals surface area contributed by atoms with Crippen LogP contribution < -0.4 is 0 Å². The van der Waals surface area contributed by atoms with Crippen molar-refractivity contribution in [2.24, 2.45) is 0 Å². The maximum absolute atomic E-state index is 9.78. The van der Waals surface area contributed by atoms with Crippen molar-refractivity contribution >= 4 is 11.0 Å². The van der Waals surface area contributed by atoms with E-state index in [1.807, 2.05) is 31.2 Å². The van der Waals surface area contributed by atoms with Gasteiger partial charge >= 0.3 is 0 Å². The van der Waals surface area contributed by atoms with Gasteiger partial charge in [-0.25, -0.2) is 4.98 Å². The first kappa shape index (κ1) is 11.0. The minimum Gasteiger partial charge on any atom is -0.384 e. The van der Waals surface area contributed by atoms with Crippen LogP contribution >= 0.6 is 0 Å². The van der Waals surface area contributed by atoms with Gasteiger partial charge in [0, 0.05) is 6.61 Å². The standard InChI is InChI=1S/C12H14N2O2/c1-2-16-8-12(15)11-7-13-9-5-3-4-6-10(9)14-11/h3-7,12,15H,2,8H2,1H3. The Kier molecular flexibility index (Phi) is 3.44. The van der Waals surface area contributed by atoms with E-state index in [4.69, 9.17) is 4.74 Å². The van der Waals surface area contributed by atoms with Gasteiger partial charge in [-0.1, -0.05) is 12.1 Å². The molecule has 4 nitrogen and oxygen atoms in total. The Morgan fingerprint density at radius 2 is 2.06 bits per heavy atom. The zero-order valence-corrected chi connectivity index (χ0v) is 9.13. The maximum Gasteiger partial charge on any atom is 0.121 e. The lowest BCUT2D eigenvalue weighted by molar-refractivity contribution is 0.0397. The van der Waals surface area contributed by atoms with Gasteiger partial charge in [-0.05, 0) is 19.1 Å². The Hall–Kier alpha value is -1.52. The SMILES string of the molecule is CCOCC(O)c1cnc2ccccc2n1. The quantitative estimate of drug-likeness (QED) is 0.848. The van der Waals surface area contributed by atoms with E-state index in [1.165, 1.54) is 0 Å². The Bertz CT molecular complexity index is 473. The molecule has 0 fully saturated rings. The largest absolute Gasteiger partial charge is 0.384 e. The van der Waals surface area contributed by atoms with E-state index in [-0.39, 0.29) is 6.61 Å². The first-order chi connectivity index (χ1) is 7.81. The molecule has 84 valence electrons. The number of aliphatic hydroxyl groups is 1. The molecule has 0 aliphatic carbocycles. The molecular formula is C12H14N2O2. The van der Waals surface area contributed by atoms with Crippen LogP contribution in [0.3, 0.4) is 0 Å². The highest BCUT2D eigenvalue weighted by Gasteiger charge is 2.10. The molecule has 16 heavy (non-hydrogen) atoms. The van der Waals surface area contributed by atoms with Gasteiger partial charge in [-0.15, -0.1) is 0 Å². The lowest BCUT2D eigenvalue weighted by Crippen LogP contribution is -2.09. The van der Waals surface area contributed by atoms with Crippen molar-refractivity contribution in [2.75, 3.05) is 13.2 Å². The average Bonchev–Trinajstić information content (AvgIpc) is 2.35. The molecule has 1 N–H and O–H groups in total. The molecule has 1 unspecified atom stereocenters. The molecule has 1 aromatic heterocycles. The minimum absolute atomic E-state index is 0.253. The van der Waals surface area contributed by atoms with Crippen molar-refractivity contribution in [2.45, 2.75) is 13.0 Å². The van der Waals surface area contributed by atoms with E-state index in [0.717, 1.165) is 11.0 Å². The summed E-state index contributed by atoms with van der Waals surface area (Å²) < 4.78 is 5.14. The van der Waals surface area contributed by atoms with E-state index < -0.39 is 6.10 Å². The summed E-state index contributed by atoms with van der Waals surface area (Å²) in [6.45, 7) is 2.72. The van der Waals surface area contributed by atoms with Crippen molar-refractivity contribution in [3.8, 4) is 0 Å².